The maximum Gasteiger partial charge on any atom is 0.276 e. The van der Waals surface area contributed by atoms with Crippen LogP contribution in [-0.2, 0) is 6.54 Å². The van der Waals surface area contributed by atoms with E-state index in [4.69, 9.17) is 4.52 Å². The predicted octanol–water partition coefficient (Wildman–Crippen LogP) is 2.84. The second-order valence-electron chi connectivity index (χ2n) is 4.81. The van der Waals surface area contributed by atoms with E-state index in [0.717, 1.165) is 16.5 Å². The van der Waals surface area contributed by atoms with Gasteiger partial charge in [0.05, 0.1) is 6.54 Å². The number of carbonyl (C=O) groups is 1. The van der Waals surface area contributed by atoms with Crippen molar-refractivity contribution in [3.63, 3.8) is 0 Å². The van der Waals surface area contributed by atoms with Crippen molar-refractivity contribution in [3.05, 3.63) is 33.6 Å². The van der Waals surface area contributed by atoms with Gasteiger partial charge in [0, 0.05) is 30.1 Å². The Hall–Kier alpha value is -1.69. The van der Waals surface area contributed by atoms with E-state index < -0.39 is 0 Å². The van der Waals surface area contributed by atoms with Crippen LogP contribution in [0.5, 0.6) is 0 Å². The zero-order valence-corrected chi connectivity index (χ0v) is 12.3. The monoisotopic (exact) mass is 279 g/mol. The molecule has 2 aromatic heterocycles. The lowest BCUT2D eigenvalue weighted by Crippen LogP contribution is -2.26. The van der Waals surface area contributed by atoms with Crippen molar-refractivity contribution in [1.82, 2.24) is 15.0 Å². The van der Waals surface area contributed by atoms with E-state index in [1.54, 1.807) is 29.4 Å². The molecule has 5 nitrogen and oxygen atoms in total. The minimum absolute atomic E-state index is 0.150. The Morgan fingerprint density at radius 1 is 1.53 bits per heavy atom. The van der Waals surface area contributed by atoms with Gasteiger partial charge in [-0.25, -0.2) is 4.98 Å². The molecule has 2 heterocycles. The van der Waals surface area contributed by atoms with Gasteiger partial charge in [0.25, 0.3) is 5.91 Å². The van der Waals surface area contributed by atoms with E-state index in [1.807, 2.05) is 26.2 Å². The SMILES string of the molecule is Cc1csc(CN(C)C(=O)c2cc(C(C)C)on2)n1. The minimum atomic E-state index is -0.150. The molecule has 0 aliphatic rings. The van der Waals surface area contributed by atoms with Gasteiger partial charge in [-0.1, -0.05) is 19.0 Å². The molecular formula is C13H17N3O2S. The Balaban J connectivity index is 2.05. The number of aryl methyl sites for hydroxylation is 1. The van der Waals surface area contributed by atoms with Crippen LogP contribution in [0.3, 0.4) is 0 Å². The number of aromatic nitrogens is 2. The van der Waals surface area contributed by atoms with Crippen molar-refractivity contribution < 1.29 is 9.32 Å². The van der Waals surface area contributed by atoms with Gasteiger partial charge in [0.1, 0.15) is 10.8 Å². The number of thiazole rings is 1. The summed E-state index contributed by atoms with van der Waals surface area (Å²) in [5.74, 6) is 0.798. The molecule has 0 aliphatic carbocycles. The van der Waals surface area contributed by atoms with Crippen LogP contribution in [0.4, 0.5) is 0 Å². The molecule has 0 saturated carbocycles. The van der Waals surface area contributed by atoms with Crippen LogP contribution >= 0.6 is 11.3 Å². The highest BCUT2D eigenvalue weighted by atomic mass is 32.1. The number of hydrogen-bond donors (Lipinski definition) is 0. The topological polar surface area (TPSA) is 59.2 Å². The molecule has 0 atom stereocenters. The fourth-order valence-corrected chi connectivity index (χ4v) is 2.43. The van der Waals surface area contributed by atoms with Gasteiger partial charge >= 0.3 is 0 Å². The Bertz CT molecular complexity index is 574. The summed E-state index contributed by atoms with van der Waals surface area (Å²) in [6.07, 6.45) is 0. The molecule has 2 aromatic rings. The average Bonchev–Trinajstić information content (AvgIpc) is 2.97. The minimum Gasteiger partial charge on any atom is -0.360 e. The fourth-order valence-electron chi connectivity index (χ4n) is 1.61. The van der Waals surface area contributed by atoms with E-state index >= 15 is 0 Å². The van der Waals surface area contributed by atoms with E-state index in [9.17, 15) is 4.79 Å². The summed E-state index contributed by atoms with van der Waals surface area (Å²) < 4.78 is 5.14. The molecule has 102 valence electrons. The van der Waals surface area contributed by atoms with Crippen molar-refractivity contribution >= 4 is 17.2 Å². The van der Waals surface area contributed by atoms with Crippen LogP contribution in [0.2, 0.25) is 0 Å². The third-order valence-electron chi connectivity index (χ3n) is 2.70. The molecule has 0 unspecified atom stereocenters. The predicted molar refractivity (Wildman–Crippen MR) is 73.2 cm³/mol. The van der Waals surface area contributed by atoms with E-state index in [-0.39, 0.29) is 11.8 Å². The first-order valence-electron chi connectivity index (χ1n) is 6.10. The molecule has 2 rings (SSSR count). The Kier molecular flexibility index (Phi) is 3.99. The highest BCUT2D eigenvalue weighted by Gasteiger charge is 2.19. The van der Waals surface area contributed by atoms with E-state index in [2.05, 4.69) is 10.1 Å². The molecule has 0 aromatic carbocycles. The molecule has 0 N–H and O–H groups in total. The summed E-state index contributed by atoms with van der Waals surface area (Å²) in [6, 6.07) is 1.70. The molecule has 0 radical (unpaired) electrons. The van der Waals surface area contributed by atoms with Crippen LogP contribution in [0.1, 0.15) is 46.7 Å². The summed E-state index contributed by atoms with van der Waals surface area (Å²) in [6.45, 7) is 6.42. The second kappa shape index (κ2) is 5.52. The summed E-state index contributed by atoms with van der Waals surface area (Å²) in [4.78, 5) is 18.1. The fraction of sp³-hybridized carbons (Fsp3) is 0.462. The lowest BCUT2D eigenvalue weighted by Gasteiger charge is -2.13. The van der Waals surface area contributed by atoms with Crippen LogP contribution in [0.15, 0.2) is 16.0 Å². The summed E-state index contributed by atoms with van der Waals surface area (Å²) in [5.41, 5.74) is 1.32. The van der Waals surface area contributed by atoms with Crippen LogP contribution in [0.25, 0.3) is 0 Å². The molecule has 0 aliphatic heterocycles. The first-order valence-corrected chi connectivity index (χ1v) is 6.98. The lowest BCUT2D eigenvalue weighted by molar-refractivity contribution is 0.0774. The molecule has 19 heavy (non-hydrogen) atoms. The lowest BCUT2D eigenvalue weighted by atomic mass is 10.1. The van der Waals surface area contributed by atoms with Crippen molar-refractivity contribution in [2.75, 3.05) is 7.05 Å². The van der Waals surface area contributed by atoms with Gasteiger partial charge in [0.2, 0.25) is 0 Å². The number of amides is 1. The standard InChI is InChI=1S/C13H17N3O2S/c1-8(2)11-5-10(15-18-11)13(17)16(4)6-12-14-9(3)7-19-12/h5,7-8H,6H2,1-4H3. The van der Waals surface area contributed by atoms with Crippen molar-refractivity contribution in [1.29, 1.82) is 0 Å². The second-order valence-corrected chi connectivity index (χ2v) is 5.76. The van der Waals surface area contributed by atoms with Gasteiger partial charge in [-0.2, -0.15) is 0 Å². The Morgan fingerprint density at radius 3 is 2.79 bits per heavy atom. The number of carbonyl (C=O) groups excluding carboxylic acids is 1. The van der Waals surface area contributed by atoms with Gasteiger partial charge in [-0.05, 0) is 6.92 Å². The Morgan fingerprint density at radius 2 is 2.26 bits per heavy atom. The average molecular weight is 279 g/mol. The molecule has 0 spiro atoms. The number of nitrogens with zero attached hydrogens (tertiary/aromatic N) is 3. The quantitative estimate of drug-likeness (QED) is 0.863. The van der Waals surface area contributed by atoms with Gasteiger partial charge < -0.3 is 9.42 Å². The molecule has 0 bridgehead atoms. The first-order chi connectivity index (χ1) is 8.97. The highest BCUT2D eigenvalue weighted by molar-refractivity contribution is 7.09. The summed E-state index contributed by atoms with van der Waals surface area (Å²) in [7, 11) is 1.74. The maximum atomic E-state index is 12.2. The zero-order valence-electron chi connectivity index (χ0n) is 11.5. The number of hydrogen-bond acceptors (Lipinski definition) is 5. The molecular weight excluding hydrogens is 262 g/mol. The van der Waals surface area contributed by atoms with Crippen LogP contribution in [-0.4, -0.2) is 28.0 Å². The van der Waals surface area contributed by atoms with E-state index in [1.165, 1.54) is 0 Å². The highest BCUT2D eigenvalue weighted by Crippen LogP contribution is 2.17. The Labute approximate surface area is 116 Å². The molecule has 1 amide bonds. The molecule has 6 heteroatoms. The summed E-state index contributed by atoms with van der Waals surface area (Å²) >= 11 is 1.55. The zero-order chi connectivity index (χ0) is 14.0. The number of rotatable bonds is 4. The first kappa shape index (κ1) is 13.7. The van der Waals surface area contributed by atoms with Crippen molar-refractivity contribution in [2.45, 2.75) is 33.2 Å². The van der Waals surface area contributed by atoms with Gasteiger partial charge in [-0.3, -0.25) is 4.79 Å². The van der Waals surface area contributed by atoms with Crippen LogP contribution < -0.4 is 0 Å². The maximum absolute atomic E-state index is 12.2. The van der Waals surface area contributed by atoms with E-state index in [0.29, 0.717) is 12.2 Å². The normalized spacial score (nSPS) is 11.0. The smallest absolute Gasteiger partial charge is 0.276 e. The third kappa shape index (κ3) is 3.20. The van der Waals surface area contributed by atoms with Crippen molar-refractivity contribution in [2.24, 2.45) is 0 Å². The third-order valence-corrected chi connectivity index (χ3v) is 3.65. The van der Waals surface area contributed by atoms with Gasteiger partial charge in [0.15, 0.2) is 5.69 Å². The molecule has 0 fully saturated rings. The molecule has 0 saturated heterocycles. The van der Waals surface area contributed by atoms with Crippen LogP contribution in [0, 0.1) is 6.92 Å². The largest absolute Gasteiger partial charge is 0.360 e. The summed E-state index contributed by atoms with van der Waals surface area (Å²) in [5, 5.41) is 6.71. The van der Waals surface area contributed by atoms with Gasteiger partial charge in [-0.15, -0.1) is 11.3 Å². The van der Waals surface area contributed by atoms with Crippen molar-refractivity contribution in [3.8, 4) is 0 Å².